The Hall–Kier alpha value is -0.830. The van der Waals surface area contributed by atoms with Crippen molar-refractivity contribution in [2.45, 2.75) is 91.6 Å². The van der Waals surface area contributed by atoms with E-state index in [4.69, 9.17) is 0 Å². The maximum absolute atomic E-state index is 4.56. The molecule has 3 nitrogen and oxygen atoms in total. The molecule has 0 aliphatic heterocycles. The normalized spacial score (nSPS) is 12.8. The van der Waals surface area contributed by atoms with Crippen molar-refractivity contribution in [3.8, 4) is 0 Å². The summed E-state index contributed by atoms with van der Waals surface area (Å²) < 4.78 is 2.15. The average Bonchev–Trinajstić information content (AvgIpc) is 2.82. The van der Waals surface area contributed by atoms with Gasteiger partial charge in [-0.2, -0.15) is 5.10 Å². The number of nitrogens with one attached hydrogen (secondary N) is 1. The highest BCUT2D eigenvalue weighted by Gasteiger charge is 2.12. The number of likely N-dealkylation sites (N-methyl/N-ethyl adjacent to an activating group) is 1. The van der Waals surface area contributed by atoms with E-state index < -0.39 is 0 Å². The first-order chi connectivity index (χ1) is 10.2. The van der Waals surface area contributed by atoms with Crippen LogP contribution in [0, 0.1) is 6.92 Å². The van der Waals surface area contributed by atoms with Crippen molar-refractivity contribution in [3.63, 3.8) is 0 Å². The second-order valence-corrected chi connectivity index (χ2v) is 6.11. The lowest BCUT2D eigenvalue weighted by Crippen LogP contribution is -2.31. The van der Waals surface area contributed by atoms with Crippen LogP contribution in [0.25, 0.3) is 0 Å². The van der Waals surface area contributed by atoms with Crippen LogP contribution in [-0.2, 0) is 13.0 Å². The predicted molar refractivity (Wildman–Crippen MR) is 91.8 cm³/mol. The SMILES string of the molecule is CCCCCCCCC(Cc1cc(C)nn1CC)NCC. The minimum atomic E-state index is 0.600. The molecular weight excluding hydrogens is 258 g/mol. The average molecular weight is 293 g/mol. The molecule has 1 rings (SSSR count). The maximum atomic E-state index is 4.56. The van der Waals surface area contributed by atoms with Gasteiger partial charge in [0.05, 0.1) is 5.69 Å². The van der Waals surface area contributed by atoms with E-state index in [9.17, 15) is 0 Å². The number of hydrogen-bond donors (Lipinski definition) is 1. The molecule has 21 heavy (non-hydrogen) atoms. The van der Waals surface area contributed by atoms with Gasteiger partial charge in [-0.15, -0.1) is 0 Å². The van der Waals surface area contributed by atoms with Gasteiger partial charge in [0.15, 0.2) is 0 Å². The molecule has 0 saturated carbocycles. The summed E-state index contributed by atoms with van der Waals surface area (Å²) in [4.78, 5) is 0. The van der Waals surface area contributed by atoms with E-state index in [1.165, 1.54) is 50.6 Å². The zero-order valence-electron chi connectivity index (χ0n) is 14.6. The monoisotopic (exact) mass is 293 g/mol. The Balaban J connectivity index is 2.38. The third-order valence-corrected chi connectivity index (χ3v) is 4.14. The molecule has 122 valence electrons. The first kappa shape index (κ1) is 18.2. The number of rotatable bonds is 12. The van der Waals surface area contributed by atoms with E-state index in [0.29, 0.717) is 6.04 Å². The maximum Gasteiger partial charge on any atom is 0.0596 e. The predicted octanol–water partition coefficient (Wildman–Crippen LogP) is 4.48. The van der Waals surface area contributed by atoms with Gasteiger partial charge in [0.25, 0.3) is 0 Å². The molecule has 1 heterocycles. The topological polar surface area (TPSA) is 29.9 Å². The van der Waals surface area contributed by atoms with Gasteiger partial charge in [-0.1, -0.05) is 52.4 Å². The van der Waals surface area contributed by atoms with Gasteiger partial charge in [-0.25, -0.2) is 0 Å². The molecule has 0 saturated heterocycles. The molecule has 1 atom stereocenters. The van der Waals surface area contributed by atoms with Gasteiger partial charge < -0.3 is 5.32 Å². The number of aromatic nitrogens is 2. The van der Waals surface area contributed by atoms with Gasteiger partial charge in [-0.3, -0.25) is 4.68 Å². The summed E-state index contributed by atoms with van der Waals surface area (Å²) in [6.45, 7) is 10.8. The summed E-state index contributed by atoms with van der Waals surface area (Å²) in [6, 6.07) is 2.84. The fourth-order valence-corrected chi connectivity index (χ4v) is 3.03. The fourth-order valence-electron chi connectivity index (χ4n) is 3.03. The quantitative estimate of drug-likeness (QED) is 0.576. The summed E-state index contributed by atoms with van der Waals surface area (Å²) >= 11 is 0. The molecule has 0 aromatic carbocycles. The molecule has 1 unspecified atom stereocenters. The summed E-state index contributed by atoms with van der Waals surface area (Å²) in [5.74, 6) is 0. The highest BCUT2D eigenvalue weighted by atomic mass is 15.3. The summed E-state index contributed by atoms with van der Waals surface area (Å²) in [5, 5.41) is 8.21. The van der Waals surface area contributed by atoms with E-state index >= 15 is 0 Å². The molecule has 0 radical (unpaired) electrons. The van der Waals surface area contributed by atoms with E-state index in [1.54, 1.807) is 0 Å². The van der Waals surface area contributed by atoms with Crippen molar-refractivity contribution in [2.24, 2.45) is 0 Å². The van der Waals surface area contributed by atoms with Crippen LogP contribution in [0.4, 0.5) is 0 Å². The minimum absolute atomic E-state index is 0.600. The molecule has 0 aliphatic rings. The van der Waals surface area contributed by atoms with Crippen molar-refractivity contribution in [2.75, 3.05) is 6.54 Å². The Bertz CT molecular complexity index is 371. The van der Waals surface area contributed by atoms with Crippen LogP contribution < -0.4 is 5.32 Å². The van der Waals surface area contributed by atoms with Crippen molar-refractivity contribution in [1.29, 1.82) is 0 Å². The van der Waals surface area contributed by atoms with Crippen LogP contribution in [-0.4, -0.2) is 22.4 Å². The Morgan fingerprint density at radius 3 is 2.48 bits per heavy atom. The van der Waals surface area contributed by atoms with Crippen LogP contribution in [0.5, 0.6) is 0 Å². The molecule has 0 aliphatic carbocycles. The summed E-state index contributed by atoms with van der Waals surface area (Å²) in [6.07, 6.45) is 10.7. The first-order valence-electron chi connectivity index (χ1n) is 8.97. The van der Waals surface area contributed by atoms with Crippen LogP contribution in [0.15, 0.2) is 6.07 Å². The molecule has 0 spiro atoms. The molecule has 0 fully saturated rings. The molecule has 0 amide bonds. The fraction of sp³-hybridized carbons (Fsp3) is 0.833. The summed E-state index contributed by atoms with van der Waals surface area (Å²) in [5.41, 5.74) is 2.52. The highest BCUT2D eigenvalue weighted by Crippen LogP contribution is 2.13. The van der Waals surface area contributed by atoms with Gasteiger partial charge >= 0.3 is 0 Å². The molecule has 1 aromatic rings. The number of nitrogens with zero attached hydrogens (tertiary/aromatic N) is 2. The number of hydrogen-bond acceptors (Lipinski definition) is 2. The van der Waals surface area contributed by atoms with E-state index in [2.05, 4.69) is 48.9 Å². The Labute approximate surface area is 131 Å². The lowest BCUT2D eigenvalue weighted by molar-refractivity contribution is 0.446. The number of unbranched alkanes of at least 4 members (excludes halogenated alkanes) is 5. The van der Waals surface area contributed by atoms with Gasteiger partial charge in [-0.05, 0) is 32.9 Å². The Morgan fingerprint density at radius 1 is 1.10 bits per heavy atom. The minimum Gasteiger partial charge on any atom is -0.314 e. The van der Waals surface area contributed by atoms with Crippen LogP contribution in [0.2, 0.25) is 0 Å². The van der Waals surface area contributed by atoms with Crippen LogP contribution in [0.3, 0.4) is 0 Å². The molecule has 1 aromatic heterocycles. The van der Waals surface area contributed by atoms with E-state index in [0.717, 1.165) is 25.2 Å². The molecular formula is C18H35N3. The second-order valence-electron chi connectivity index (χ2n) is 6.11. The van der Waals surface area contributed by atoms with Gasteiger partial charge in [0.1, 0.15) is 0 Å². The zero-order valence-corrected chi connectivity index (χ0v) is 14.6. The lowest BCUT2D eigenvalue weighted by atomic mass is 10.0. The third-order valence-electron chi connectivity index (χ3n) is 4.14. The summed E-state index contributed by atoms with van der Waals surface area (Å²) in [7, 11) is 0. The van der Waals surface area contributed by atoms with E-state index in [1.807, 2.05) is 0 Å². The Kier molecular flexibility index (Phi) is 9.40. The first-order valence-corrected chi connectivity index (χ1v) is 8.97. The van der Waals surface area contributed by atoms with Crippen molar-refractivity contribution >= 4 is 0 Å². The molecule has 1 N–H and O–H groups in total. The number of aryl methyl sites for hydroxylation is 2. The standard InChI is InChI=1S/C18H35N3/c1-5-8-9-10-11-12-13-17(19-6-2)15-18-14-16(4)20-21(18)7-3/h14,17,19H,5-13,15H2,1-4H3. The largest absolute Gasteiger partial charge is 0.314 e. The molecule has 3 heteroatoms. The van der Waals surface area contributed by atoms with Crippen LogP contribution in [0.1, 0.15) is 77.1 Å². The van der Waals surface area contributed by atoms with Crippen molar-refractivity contribution < 1.29 is 0 Å². The zero-order chi connectivity index (χ0) is 15.5. The van der Waals surface area contributed by atoms with Gasteiger partial charge in [0.2, 0.25) is 0 Å². The molecule has 0 bridgehead atoms. The van der Waals surface area contributed by atoms with Crippen LogP contribution >= 0.6 is 0 Å². The second kappa shape index (κ2) is 10.8. The van der Waals surface area contributed by atoms with Crippen molar-refractivity contribution in [3.05, 3.63) is 17.5 Å². The van der Waals surface area contributed by atoms with Crippen molar-refractivity contribution in [1.82, 2.24) is 15.1 Å². The lowest BCUT2D eigenvalue weighted by Gasteiger charge is -2.18. The Morgan fingerprint density at radius 2 is 1.81 bits per heavy atom. The van der Waals surface area contributed by atoms with Gasteiger partial charge in [0, 0.05) is 24.7 Å². The van der Waals surface area contributed by atoms with E-state index in [-0.39, 0.29) is 0 Å². The highest BCUT2D eigenvalue weighted by molar-refractivity contribution is 5.10. The third kappa shape index (κ3) is 7.12. The smallest absolute Gasteiger partial charge is 0.0596 e.